The Morgan fingerprint density at radius 1 is 1.16 bits per heavy atom. The SMILES string of the molecule is COc1ccc(NC(=O)Nc2nc(C)cc(NCCN(C)C)n2)cc1. The number of nitrogens with one attached hydrogen (secondary N) is 3. The van der Waals surface area contributed by atoms with Crippen molar-refractivity contribution < 1.29 is 9.53 Å². The number of hydrogen-bond donors (Lipinski definition) is 3. The van der Waals surface area contributed by atoms with Crippen molar-refractivity contribution in [1.29, 1.82) is 0 Å². The molecular formula is C17H24N6O2. The summed E-state index contributed by atoms with van der Waals surface area (Å²) in [6, 6.07) is 8.47. The van der Waals surface area contributed by atoms with Crippen LogP contribution in [0.2, 0.25) is 0 Å². The van der Waals surface area contributed by atoms with Gasteiger partial charge in [-0.1, -0.05) is 0 Å². The van der Waals surface area contributed by atoms with E-state index >= 15 is 0 Å². The van der Waals surface area contributed by atoms with Gasteiger partial charge in [-0.15, -0.1) is 0 Å². The molecule has 25 heavy (non-hydrogen) atoms. The maximum Gasteiger partial charge on any atom is 0.326 e. The topological polar surface area (TPSA) is 91.4 Å². The zero-order chi connectivity index (χ0) is 18.2. The van der Waals surface area contributed by atoms with Gasteiger partial charge < -0.3 is 20.3 Å². The molecular weight excluding hydrogens is 320 g/mol. The first-order valence-electron chi connectivity index (χ1n) is 7.92. The Bertz CT molecular complexity index is 703. The summed E-state index contributed by atoms with van der Waals surface area (Å²) in [4.78, 5) is 22.7. The van der Waals surface area contributed by atoms with E-state index in [9.17, 15) is 4.79 Å². The van der Waals surface area contributed by atoms with Gasteiger partial charge in [-0.3, -0.25) is 5.32 Å². The number of nitrogens with zero attached hydrogens (tertiary/aromatic N) is 3. The monoisotopic (exact) mass is 344 g/mol. The fourth-order valence-electron chi connectivity index (χ4n) is 2.06. The number of carbonyl (C=O) groups excluding carboxylic acids is 1. The Hall–Kier alpha value is -2.87. The van der Waals surface area contributed by atoms with Crippen molar-refractivity contribution in [1.82, 2.24) is 14.9 Å². The largest absolute Gasteiger partial charge is 0.497 e. The predicted molar refractivity (Wildman–Crippen MR) is 99.4 cm³/mol. The van der Waals surface area contributed by atoms with Gasteiger partial charge in [-0.25, -0.2) is 9.78 Å². The van der Waals surface area contributed by atoms with Gasteiger partial charge in [0.1, 0.15) is 11.6 Å². The van der Waals surface area contributed by atoms with Crippen LogP contribution in [0.5, 0.6) is 5.75 Å². The van der Waals surface area contributed by atoms with E-state index < -0.39 is 6.03 Å². The van der Waals surface area contributed by atoms with Crippen LogP contribution < -0.4 is 20.7 Å². The van der Waals surface area contributed by atoms with Gasteiger partial charge >= 0.3 is 6.03 Å². The lowest BCUT2D eigenvalue weighted by Crippen LogP contribution is -2.23. The molecule has 2 aromatic rings. The third-order valence-corrected chi connectivity index (χ3v) is 3.29. The summed E-state index contributed by atoms with van der Waals surface area (Å²) >= 11 is 0. The van der Waals surface area contributed by atoms with Gasteiger partial charge in [-0.05, 0) is 45.3 Å². The fraction of sp³-hybridized carbons (Fsp3) is 0.353. The van der Waals surface area contributed by atoms with Crippen LogP contribution in [0.15, 0.2) is 30.3 Å². The first-order chi connectivity index (χ1) is 12.0. The van der Waals surface area contributed by atoms with E-state index in [2.05, 4.69) is 30.8 Å². The van der Waals surface area contributed by atoms with Crippen molar-refractivity contribution in [3.8, 4) is 5.75 Å². The highest BCUT2D eigenvalue weighted by Gasteiger charge is 2.07. The van der Waals surface area contributed by atoms with E-state index in [0.717, 1.165) is 24.5 Å². The summed E-state index contributed by atoms with van der Waals surface area (Å²) in [5, 5.41) is 8.59. The first-order valence-corrected chi connectivity index (χ1v) is 7.92. The highest BCUT2D eigenvalue weighted by atomic mass is 16.5. The number of amides is 2. The molecule has 8 nitrogen and oxygen atoms in total. The minimum Gasteiger partial charge on any atom is -0.497 e. The molecule has 0 radical (unpaired) electrons. The Balaban J connectivity index is 1.95. The molecule has 2 amide bonds. The number of aromatic nitrogens is 2. The Kier molecular flexibility index (Phi) is 6.53. The molecule has 0 aliphatic rings. The lowest BCUT2D eigenvalue weighted by atomic mass is 10.3. The van der Waals surface area contributed by atoms with Crippen LogP contribution in [-0.2, 0) is 0 Å². The van der Waals surface area contributed by atoms with Crippen LogP contribution in [-0.4, -0.2) is 55.2 Å². The van der Waals surface area contributed by atoms with Crippen LogP contribution in [0.25, 0.3) is 0 Å². The lowest BCUT2D eigenvalue weighted by molar-refractivity contribution is 0.262. The van der Waals surface area contributed by atoms with Crippen molar-refractivity contribution >= 4 is 23.5 Å². The molecule has 0 bridgehead atoms. The first kappa shape index (κ1) is 18.5. The molecule has 2 rings (SSSR count). The third kappa shape index (κ3) is 6.27. The maximum absolute atomic E-state index is 12.1. The van der Waals surface area contributed by atoms with Crippen molar-refractivity contribution in [3.63, 3.8) is 0 Å². The summed E-state index contributed by atoms with van der Waals surface area (Å²) in [6.07, 6.45) is 0. The lowest BCUT2D eigenvalue weighted by Gasteiger charge is -2.12. The highest BCUT2D eigenvalue weighted by Crippen LogP contribution is 2.15. The molecule has 0 aliphatic heterocycles. The normalized spacial score (nSPS) is 10.4. The summed E-state index contributed by atoms with van der Waals surface area (Å²) in [5.41, 5.74) is 1.41. The molecule has 8 heteroatoms. The minimum atomic E-state index is -0.407. The quantitative estimate of drug-likeness (QED) is 0.714. The molecule has 0 fully saturated rings. The standard InChI is InChI=1S/C17H24N6O2/c1-12-11-15(18-9-10-23(2)3)21-16(19-12)22-17(24)20-13-5-7-14(25-4)8-6-13/h5-8,11H,9-10H2,1-4H3,(H3,18,19,20,21,22,24). The van der Waals surface area contributed by atoms with Crippen molar-refractivity contribution in [3.05, 3.63) is 36.0 Å². The second kappa shape index (κ2) is 8.84. The number of ether oxygens (including phenoxy) is 1. The average molecular weight is 344 g/mol. The Labute approximate surface area is 147 Å². The number of rotatable bonds is 7. The molecule has 0 unspecified atom stereocenters. The zero-order valence-corrected chi connectivity index (χ0v) is 15.0. The number of likely N-dealkylation sites (N-methyl/N-ethyl adjacent to an activating group) is 1. The summed E-state index contributed by atoms with van der Waals surface area (Å²) in [5.74, 6) is 1.65. The second-order valence-corrected chi connectivity index (χ2v) is 5.76. The van der Waals surface area contributed by atoms with Gasteiger partial charge in [0, 0.05) is 30.5 Å². The van der Waals surface area contributed by atoms with Gasteiger partial charge in [-0.2, -0.15) is 4.98 Å². The van der Waals surface area contributed by atoms with E-state index in [-0.39, 0.29) is 5.95 Å². The van der Waals surface area contributed by atoms with E-state index in [1.165, 1.54) is 0 Å². The van der Waals surface area contributed by atoms with Crippen molar-refractivity contribution in [2.24, 2.45) is 0 Å². The smallest absolute Gasteiger partial charge is 0.326 e. The van der Waals surface area contributed by atoms with E-state index in [1.54, 1.807) is 31.4 Å². The van der Waals surface area contributed by atoms with Gasteiger partial charge in [0.05, 0.1) is 7.11 Å². The van der Waals surface area contributed by atoms with Gasteiger partial charge in [0.25, 0.3) is 0 Å². The molecule has 134 valence electrons. The molecule has 0 saturated carbocycles. The van der Waals surface area contributed by atoms with Crippen LogP contribution >= 0.6 is 0 Å². The molecule has 3 N–H and O–H groups in total. The van der Waals surface area contributed by atoms with E-state index in [0.29, 0.717) is 11.5 Å². The molecule has 1 heterocycles. The zero-order valence-electron chi connectivity index (χ0n) is 15.0. The van der Waals surface area contributed by atoms with E-state index in [4.69, 9.17) is 4.74 Å². The summed E-state index contributed by atoms with van der Waals surface area (Å²) in [6.45, 7) is 3.48. The number of anilines is 3. The molecule has 0 saturated heterocycles. The predicted octanol–water partition coefficient (Wildman–Crippen LogP) is 2.41. The van der Waals surface area contributed by atoms with Crippen molar-refractivity contribution in [2.45, 2.75) is 6.92 Å². The second-order valence-electron chi connectivity index (χ2n) is 5.76. The number of hydrogen-bond acceptors (Lipinski definition) is 6. The van der Waals surface area contributed by atoms with Crippen LogP contribution in [0, 0.1) is 6.92 Å². The van der Waals surface area contributed by atoms with Crippen LogP contribution in [0.4, 0.5) is 22.2 Å². The summed E-state index contributed by atoms with van der Waals surface area (Å²) < 4.78 is 5.08. The molecule has 0 aliphatic carbocycles. The van der Waals surface area contributed by atoms with E-state index in [1.807, 2.05) is 27.1 Å². The fourth-order valence-corrected chi connectivity index (χ4v) is 2.06. The minimum absolute atomic E-state index is 0.248. The average Bonchev–Trinajstić information content (AvgIpc) is 2.54. The number of carbonyl (C=O) groups is 1. The molecule has 0 atom stereocenters. The third-order valence-electron chi connectivity index (χ3n) is 3.29. The number of urea groups is 1. The Morgan fingerprint density at radius 3 is 2.52 bits per heavy atom. The summed E-state index contributed by atoms with van der Waals surface area (Å²) in [7, 11) is 5.60. The van der Waals surface area contributed by atoms with Crippen LogP contribution in [0.1, 0.15) is 5.69 Å². The number of methoxy groups -OCH3 is 1. The highest BCUT2D eigenvalue weighted by molar-refractivity contribution is 5.98. The molecule has 1 aromatic carbocycles. The molecule has 0 spiro atoms. The number of aryl methyl sites for hydroxylation is 1. The Morgan fingerprint density at radius 2 is 1.88 bits per heavy atom. The maximum atomic E-state index is 12.1. The number of benzene rings is 1. The van der Waals surface area contributed by atoms with Crippen molar-refractivity contribution in [2.75, 3.05) is 50.2 Å². The van der Waals surface area contributed by atoms with Crippen LogP contribution in [0.3, 0.4) is 0 Å². The molecule has 1 aromatic heterocycles. The van der Waals surface area contributed by atoms with Gasteiger partial charge in [0.15, 0.2) is 0 Å². The van der Waals surface area contributed by atoms with Gasteiger partial charge in [0.2, 0.25) is 5.95 Å².